The number of amides is 1. The highest BCUT2D eigenvalue weighted by atomic mass is 32.2. The van der Waals surface area contributed by atoms with E-state index in [2.05, 4.69) is 10.3 Å². The number of oxazole rings is 1. The zero-order chi connectivity index (χ0) is 19.4. The molecular weight excluding hydrogens is 370 g/mol. The number of nitrogens with one attached hydrogen (secondary N) is 1. The second kappa shape index (κ2) is 6.07. The smallest absolute Gasteiger partial charge is 0.262 e. The van der Waals surface area contributed by atoms with E-state index < -0.39 is 10.0 Å². The minimum Gasteiger partial charge on any atom is -0.482 e. The van der Waals surface area contributed by atoms with Gasteiger partial charge in [-0.05, 0) is 18.2 Å². The van der Waals surface area contributed by atoms with Crippen LogP contribution in [0.2, 0.25) is 0 Å². The topological polar surface area (TPSA) is 102 Å². The van der Waals surface area contributed by atoms with Crippen LogP contribution in [-0.4, -0.2) is 36.8 Å². The van der Waals surface area contributed by atoms with Gasteiger partial charge in [-0.25, -0.2) is 13.4 Å². The van der Waals surface area contributed by atoms with Gasteiger partial charge in [0.1, 0.15) is 11.5 Å². The molecule has 9 heteroatoms. The molecule has 0 fully saturated rings. The van der Waals surface area contributed by atoms with Crippen molar-refractivity contribution in [2.45, 2.75) is 44.0 Å². The zero-order valence-corrected chi connectivity index (χ0v) is 16.2. The Bertz CT molecular complexity index is 1020. The van der Waals surface area contributed by atoms with Crippen molar-refractivity contribution in [3.8, 4) is 5.75 Å². The number of rotatable bonds is 2. The quantitative estimate of drug-likeness (QED) is 0.841. The Morgan fingerprint density at radius 3 is 2.78 bits per heavy atom. The van der Waals surface area contributed by atoms with Gasteiger partial charge in [0.05, 0.1) is 22.8 Å². The van der Waals surface area contributed by atoms with Gasteiger partial charge in [-0.15, -0.1) is 0 Å². The Labute approximate surface area is 157 Å². The fourth-order valence-corrected chi connectivity index (χ4v) is 4.50. The van der Waals surface area contributed by atoms with Crippen LogP contribution in [0.5, 0.6) is 5.75 Å². The molecule has 0 saturated carbocycles. The number of hydrogen-bond donors (Lipinski definition) is 1. The van der Waals surface area contributed by atoms with Crippen molar-refractivity contribution in [2.24, 2.45) is 0 Å². The number of fused-ring (bicyclic) bond motifs is 2. The highest BCUT2D eigenvalue weighted by Crippen LogP contribution is 2.33. The van der Waals surface area contributed by atoms with Gasteiger partial charge >= 0.3 is 0 Å². The van der Waals surface area contributed by atoms with E-state index in [0.29, 0.717) is 36.0 Å². The van der Waals surface area contributed by atoms with E-state index in [1.165, 1.54) is 16.4 Å². The maximum Gasteiger partial charge on any atom is 0.262 e. The van der Waals surface area contributed by atoms with Gasteiger partial charge < -0.3 is 14.5 Å². The first-order valence-electron chi connectivity index (χ1n) is 8.70. The fraction of sp³-hybridized carbons (Fsp3) is 0.444. The summed E-state index contributed by atoms with van der Waals surface area (Å²) in [6.45, 7) is 6.41. The molecule has 3 heterocycles. The first-order chi connectivity index (χ1) is 12.6. The molecule has 1 aromatic heterocycles. The number of hydrogen-bond acceptors (Lipinski definition) is 6. The van der Waals surface area contributed by atoms with E-state index in [9.17, 15) is 13.2 Å². The van der Waals surface area contributed by atoms with Crippen LogP contribution in [0.1, 0.15) is 38.1 Å². The Morgan fingerprint density at radius 1 is 1.26 bits per heavy atom. The summed E-state index contributed by atoms with van der Waals surface area (Å²) >= 11 is 0. The highest BCUT2D eigenvalue weighted by molar-refractivity contribution is 7.89. The summed E-state index contributed by atoms with van der Waals surface area (Å²) in [4.78, 5) is 16.1. The van der Waals surface area contributed by atoms with E-state index in [-0.39, 0.29) is 29.4 Å². The third kappa shape index (κ3) is 3.21. The van der Waals surface area contributed by atoms with E-state index in [0.717, 1.165) is 5.76 Å². The van der Waals surface area contributed by atoms with Gasteiger partial charge in [-0.3, -0.25) is 4.79 Å². The molecule has 0 aliphatic carbocycles. The maximum atomic E-state index is 13.1. The van der Waals surface area contributed by atoms with Crippen LogP contribution in [0, 0.1) is 0 Å². The fourth-order valence-electron chi connectivity index (χ4n) is 3.07. The third-order valence-corrected chi connectivity index (χ3v) is 6.40. The minimum atomic E-state index is -3.74. The average Bonchev–Trinajstić information content (AvgIpc) is 3.04. The van der Waals surface area contributed by atoms with Crippen molar-refractivity contribution in [1.82, 2.24) is 9.29 Å². The van der Waals surface area contributed by atoms with Crippen molar-refractivity contribution < 1.29 is 22.4 Å². The summed E-state index contributed by atoms with van der Waals surface area (Å²) in [7, 11) is -3.74. The van der Waals surface area contributed by atoms with E-state index in [1.54, 1.807) is 6.07 Å². The lowest BCUT2D eigenvalue weighted by atomic mass is 9.97. The number of anilines is 1. The molecule has 2 aliphatic rings. The molecule has 0 atom stereocenters. The Kier molecular flexibility index (Phi) is 4.04. The lowest BCUT2D eigenvalue weighted by Gasteiger charge is -2.25. The molecule has 4 rings (SSSR count). The number of carbonyl (C=O) groups excluding carboxylic acids is 1. The molecule has 1 aromatic carbocycles. The van der Waals surface area contributed by atoms with E-state index in [1.807, 2.05) is 20.8 Å². The molecule has 144 valence electrons. The number of sulfonamides is 1. The third-order valence-electron chi connectivity index (χ3n) is 4.56. The van der Waals surface area contributed by atoms with Crippen LogP contribution in [0.4, 0.5) is 5.69 Å². The largest absolute Gasteiger partial charge is 0.482 e. The van der Waals surface area contributed by atoms with Crippen molar-refractivity contribution in [1.29, 1.82) is 0 Å². The van der Waals surface area contributed by atoms with Crippen molar-refractivity contribution in [3.63, 3.8) is 0 Å². The standard InChI is InChI=1S/C18H21N3O5S/c1-18(2,3)17-20-13-9-21(7-6-15(13)26-17)27(23,24)11-4-5-14-12(8-11)19-16(22)10-25-14/h4-5,8H,6-7,9-10H2,1-3H3,(H,19,22). The molecule has 1 amide bonds. The zero-order valence-electron chi connectivity index (χ0n) is 15.4. The predicted molar refractivity (Wildman–Crippen MR) is 97.1 cm³/mol. The van der Waals surface area contributed by atoms with Crippen LogP contribution in [0.25, 0.3) is 0 Å². The molecule has 0 spiro atoms. The van der Waals surface area contributed by atoms with Crippen molar-refractivity contribution in [2.75, 3.05) is 18.5 Å². The SMILES string of the molecule is CC(C)(C)c1nc2c(o1)CCN(S(=O)(=O)c1ccc3c(c1)NC(=O)CO3)C2. The Morgan fingerprint density at radius 2 is 2.04 bits per heavy atom. The molecule has 2 aromatic rings. The van der Waals surface area contributed by atoms with Gasteiger partial charge in [0, 0.05) is 18.4 Å². The van der Waals surface area contributed by atoms with Crippen LogP contribution in [0.3, 0.4) is 0 Å². The van der Waals surface area contributed by atoms with Gasteiger partial charge in [0.25, 0.3) is 5.91 Å². The average molecular weight is 391 g/mol. The number of aromatic nitrogens is 1. The molecule has 0 unspecified atom stereocenters. The highest BCUT2D eigenvalue weighted by Gasteiger charge is 2.33. The Hall–Kier alpha value is -2.39. The van der Waals surface area contributed by atoms with Gasteiger partial charge in [0.15, 0.2) is 12.5 Å². The van der Waals surface area contributed by atoms with Crippen LogP contribution in [-0.2, 0) is 33.2 Å². The lowest BCUT2D eigenvalue weighted by molar-refractivity contribution is -0.118. The van der Waals surface area contributed by atoms with E-state index >= 15 is 0 Å². The van der Waals surface area contributed by atoms with Gasteiger partial charge in [-0.2, -0.15) is 4.31 Å². The molecule has 8 nitrogen and oxygen atoms in total. The summed E-state index contributed by atoms with van der Waals surface area (Å²) in [6.07, 6.45) is 0.475. The molecular formula is C18H21N3O5S. The van der Waals surface area contributed by atoms with Crippen molar-refractivity contribution >= 4 is 21.6 Å². The summed E-state index contributed by atoms with van der Waals surface area (Å²) in [5.74, 6) is 1.51. The van der Waals surface area contributed by atoms with Crippen LogP contribution >= 0.6 is 0 Å². The first-order valence-corrected chi connectivity index (χ1v) is 10.1. The summed E-state index contributed by atoms with van der Waals surface area (Å²) in [6, 6.07) is 4.48. The van der Waals surface area contributed by atoms with Crippen molar-refractivity contribution in [3.05, 3.63) is 35.5 Å². The lowest BCUT2D eigenvalue weighted by Crippen LogP contribution is -2.36. The summed E-state index contributed by atoms with van der Waals surface area (Å²) < 4.78 is 38.7. The molecule has 0 bridgehead atoms. The normalized spacial score (nSPS) is 17.7. The molecule has 1 N–H and O–H groups in total. The number of ether oxygens (including phenoxy) is 1. The first kappa shape index (κ1) is 18.0. The second-order valence-corrected chi connectivity index (χ2v) is 9.66. The molecule has 0 saturated heterocycles. The molecule has 0 radical (unpaired) electrons. The summed E-state index contributed by atoms with van der Waals surface area (Å²) in [5, 5.41) is 2.64. The van der Waals surface area contributed by atoms with Gasteiger partial charge in [0.2, 0.25) is 10.0 Å². The summed E-state index contributed by atoms with van der Waals surface area (Å²) in [5.41, 5.74) is 0.781. The second-order valence-electron chi connectivity index (χ2n) is 7.72. The maximum absolute atomic E-state index is 13.1. The van der Waals surface area contributed by atoms with Crippen LogP contribution in [0.15, 0.2) is 27.5 Å². The monoisotopic (exact) mass is 391 g/mol. The molecule has 2 aliphatic heterocycles. The number of nitrogens with zero attached hydrogens (tertiary/aromatic N) is 2. The minimum absolute atomic E-state index is 0.0731. The number of carbonyl (C=O) groups is 1. The number of benzene rings is 1. The Balaban J connectivity index is 1.63. The predicted octanol–water partition coefficient (Wildman–Crippen LogP) is 2.05. The van der Waals surface area contributed by atoms with E-state index in [4.69, 9.17) is 9.15 Å². The van der Waals surface area contributed by atoms with Crippen LogP contribution < -0.4 is 10.1 Å². The van der Waals surface area contributed by atoms with Gasteiger partial charge in [-0.1, -0.05) is 20.8 Å². The molecule has 27 heavy (non-hydrogen) atoms.